The molecule has 0 aromatic carbocycles. The van der Waals surface area contributed by atoms with Gasteiger partial charge in [0.1, 0.15) is 11.5 Å². The number of nitrogens with zero attached hydrogens (tertiary/aromatic N) is 4. The van der Waals surface area contributed by atoms with E-state index in [4.69, 9.17) is 11.6 Å². The van der Waals surface area contributed by atoms with Crippen molar-refractivity contribution in [3.63, 3.8) is 0 Å². The number of halogens is 1. The molecule has 0 saturated heterocycles. The van der Waals surface area contributed by atoms with Crippen molar-refractivity contribution in [2.45, 2.75) is 46.6 Å². The number of aromatic nitrogens is 4. The minimum absolute atomic E-state index is 0.298. The second-order valence-electron chi connectivity index (χ2n) is 5.40. The largest absolute Gasteiger partial charge is 0.311 e. The van der Waals surface area contributed by atoms with Crippen LogP contribution in [0.4, 0.5) is 0 Å². The molecule has 0 amide bonds. The first-order valence-corrected chi connectivity index (χ1v) is 7.69. The lowest BCUT2D eigenvalue weighted by atomic mass is 10.2. The van der Waals surface area contributed by atoms with E-state index in [1.165, 1.54) is 0 Å². The van der Waals surface area contributed by atoms with Crippen LogP contribution >= 0.6 is 11.6 Å². The van der Waals surface area contributed by atoms with Gasteiger partial charge in [-0.1, -0.05) is 32.4 Å². The van der Waals surface area contributed by atoms with Crippen LogP contribution in [0.2, 0.25) is 5.02 Å². The van der Waals surface area contributed by atoms with E-state index in [9.17, 15) is 0 Å². The Bertz CT molecular complexity index is 587. The molecular weight excluding hydrogens is 286 g/mol. The minimum Gasteiger partial charge on any atom is -0.311 e. The summed E-state index contributed by atoms with van der Waals surface area (Å²) in [5, 5.41) is 8.45. The second-order valence-corrected chi connectivity index (χ2v) is 5.81. The van der Waals surface area contributed by atoms with Crippen LogP contribution in [0.5, 0.6) is 0 Å². The first-order valence-electron chi connectivity index (χ1n) is 7.31. The Balaban J connectivity index is 2.38. The van der Waals surface area contributed by atoms with Gasteiger partial charge in [0.25, 0.3) is 0 Å². The van der Waals surface area contributed by atoms with Gasteiger partial charge in [-0.2, -0.15) is 5.10 Å². The Morgan fingerprint density at radius 3 is 2.71 bits per heavy atom. The van der Waals surface area contributed by atoms with Crippen LogP contribution in [-0.2, 0) is 6.54 Å². The third-order valence-corrected chi connectivity index (χ3v) is 3.56. The third kappa shape index (κ3) is 3.80. The lowest BCUT2D eigenvalue weighted by Gasteiger charge is -2.12. The average molecular weight is 308 g/mol. The molecule has 0 atom stereocenters. The van der Waals surface area contributed by atoms with Gasteiger partial charge in [0.2, 0.25) is 0 Å². The van der Waals surface area contributed by atoms with Crippen molar-refractivity contribution in [2.24, 2.45) is 0 Å². The molecule has 0 aliphatic heterocycles. The highest BCUT2D eigenvalue weighted by Crippen LogP contribution is 2.19. The molecule has 1 N–H and O–H groups in total. The van der Waals surface area contributed by atoms with Gasteiger partial charge in [-0.3, -0.25) is 0 Å². The normalized spacial score (nSPS) is 11.3. The van der Waals surface area contributed by atoms with E-state index in [1.807, 2.05) is 13.1 Å². The molecular formula is C15H22ClN5. The Morgan fingerprint density at radius 2 is 2.14 bits per heavy atom. The van der Waals surface area contributed by atoms with Gasteiger partial charge >= 0.3 is 0 Å². The number of hydrogen-bond acceptors (Lipinski definition) is 4. The topological polar surface area (TPSA) is 55.6 Å². The molecule has 6 heteroatoms. The predicted octanol–water partition coefficient (Wildman–Crippen LogP) is 3.25. The molecule has 0 spiro atoms. The van der Waals surface area contributed by atoms with Crippen LogP contribution in [0.15, 0.2) is 12.4 Å². The van der Waals surface area contributed by atoms with Crippen LogP contribution in [-0.4, -0.2) is 26.3 Å². The van der Waals surface area contributed by atoms with Crippen molar-refractivity contribution in [1.82, 2.24) is 25.1 Å². The summed E-state index contributed by atoms with van der Waals surface area (Å²) in [5.74, 6) is 1.15. The third-order valence-electron chi connectivity index (χ3n) is 3.19. The fourth-order valence-electron chi connectivity index (χ4n) is 1.97. The molecule has 21 heavy (non-hydrogen) atoms. The van der Waals surface area contributed by atoms with E-state index >= 15 is 0 Å². The van der Waals surface area contributed by atoms with Crippen molar-refractivity contribution in [1.29, 1.82) is 0 Å². The summed E-state index contributed by atoms with van der Waals surface area (Å²) in [4.78, 5) is 9.12. The van der Waals surface area contributed by atoms with E-state index < -0.39 is 0 Å². The summed E-state index contributed by atoms with van der Waals surface area (Å²) >= 11 is 6.10. The van der Waals surface area contributed by atoms with E-state index in [0.717, 1.165) is 35.9 Å². The minimum atomic E-state index is 0.298. The van der Waals surface area contributed by atoms with E-state index in [0.29, 0.717) is 17.5 Å². The maximum Gasteiger partial charge on any atom is 0.131 e. The standard InChI is InChI=1S/C15H22ClN5/c1-5-6-17-7-13-14(8-18-15(19-13)10(2)3)21-9-12(16)11(4)20-21/h8-10,17H,5-7H2,1-4H3. The molecule has 0 aliphatic rings. The highest BCUT2D eigenvalue weighted by molar-refractivity contribution is 6.31. The molecule has 0 aliphatic carbocycles. The van der Waals surface area contributed by atoms with Crippen molar-refractivity contribution in [3.05, 3.63) is 34.6 Å². The van der Waals surface area contributed by atoms with Crippen LogP contribution in [0, 0.1) is 6.92 Å². The Morgan fingerprint density at radius 1 is 1.38 bits per heavy atom. The van der Waals surface area contributed by atoms with Gasteiger partial charge < -0.3 is 5.32 Å². The fourth-order valence-corrected chi connectivity index (χ4v) is 2.10. The Hall–Kier alpha value is -1.46. The van der Waals surface area contributed by atoms with Gasteiger partial charge in [0, 0.05) is 18.7 Å². The zero-order valence-electron chi connectivity index (χ0n) is 13.0. The molecule has 0 unspecified atom stereocenters. The fraction of sp³-hybridized carbons (Fsp3) is 0.533. The van der Waals surface area contributed by atoms with Crippen molar-refractivity contribution in [2.75, 3.05) is 6.54 Å². The molecule has 0 radical (unpaired) electrons. The molecule has 0 bridgehead atoms. The summed E-state index contributed by atoms with van der Waals surface area (Å²) in [5.41, 5.74) is 2.62. The molecule has 2 heterocycles. The number of nitrogens with one attached hydrogen (secondary N) is 1. The predicted molar refractivity (Wildman–Crippen MR) is 85.0 cm³/mol. The maximum atomic E-state index is 6.10. The number of aryl methyl sites for hydroxylation is 1. The Labute approximate surface area is 130 Å². The molecule has 0 saturated carbocycles. The van der Waals surface area contributed by atoms with Crippen molar-refractivity contribution < 1.29 is 0 Å². The van der Waals surface area contributed by atoms with Crippen LogP contribution in [0.1, 0.15) is 50.3 Å². The lowest BCUT2D eigenvalue weighted by Crippen LogP contribution is -2.18. The van der Waals surface area contributed by atoms with E-state index in [2.05, 4.69) is 41.2 Å². The molecule has 5 nitrogen and oxygen atoms in total. The summed E-state index contributed by atoms with van der Waals surface area (Å²) < 4.78 is 1.75. The number of rotatable bonds is 6. The Kier molecular flexibility index (Phi) is 5.31. The highest BCUT2D eigenvalue weighted by Gasteiger charge is 2.13. The molecule has 0 fully saturated rings. The lowest BCUT2D eigenvalue weighted by molar-refractivity contribution is 0.644. The van der Waals surface area contributed by atoms with Gasteiger partial charge in [-0.15, -0.1) is 0 Å². The SMILES string of the molecule is CCCNCc1nc(C(C)C)ncc1-n1cc(Cl)c(C)n1. The van der Waals surface area contributed by atoms with Crippen LogP contribution in [0.3, 0.4) is 0 Å². The molecule has 2 aromatic heterocycles. The number of hydrogen-bond donors (Lipinski definition) is 1. The first-order chi connectivity index (χ1) is 10.0. The van der Waals surface area contributed by atoms with Crippen molar-refractivity contribution in [3.8, 4) is 5.69 Å². The zero-order valence-corrected chi connectivity index (χ0v) is 13.8. The highest BCUT2D eigenvalue weighted by atomic mass is 35.5. The van der Waals surface area contributed by atoms with Gasteiger partial charge in [-0.05, 0) is 19.9 Å². The van der Waals surface area contributed by atoms with E-state index in [-0.39, 0.29) is 0 Å². The summed E-state index contributed by atoms with van der Waals surface area (Å²) in [6, 6.07) is 0. The molecule has 2 rings (SSSR count). The van der Waals surface area contributed by atoms with Crippen LogP contribution < -0.4 is 5.32 Å². The summed E-state index contributed by atoms with van der Waals surface area (Å²) in [6.45, 7) is 9.86. The summed E-state index contributed by atoms with van der Waals surface area (Å²) in [7, 11) is 0. The smallest absolute Gasteiger partial charge is 0.131 e. The van der Waals surface area contributed by atoms with Gasteiger partial charge in [-0.25, -0.2) is 14.6 Å². The van der Waals surface area contributed by atoms with Crippen molar-refractivity contribution >= 4 is 11.6 Å². The van der Waals surface area contributed by atoms with E-state index in [1.54, 1.807) is 10.9 Å². The first kappa shape index (κ1) is 15.9. The summed E-state index contributed by atoms with van der Waals surface area (Å²) in [6.07, 6.45) is 4.71. The quantitative estimate of drug-likeness (QED) is 0.832. The zero-order chi connectivity index (χ0) is 15.4. The maximum absolute atomic E-state index is 6.10. The van der Waals surface area contributed by atoms with Gasteiger partial charge in [0.15, 0.2) is 0 Å². The average Bonchev–Trinajstić information content (AvgIpc) is 2.78. The molecule has 2 aromatic rings. The van der Waals surface area contributed by atoms with Gasteiger partial charge in [0.05, 0.1) is 22.6 Å². The van der Waals surface area contributed by atoms with Crippen LogP contribution in [0.25, 0.3) is 5.69 Å². The molecule has 114 valence electrons. The second kappa shape index (κ2) is 7.00. The monoisotopic (exact) mass is 307 g/mol.